The molecule has 1 aliphatic carbocycles. The predicted molar refractivity (Wildman–Crippen MR) is 111 cm³/mol. The van der Waals surface area contributed by atoms with Gasteiger partial charge in [0, 0.05) is 46.6 Å². The second-order valence-corrected chi connectivity index (χ2v) is 9.48. The van der Waals surface area contributed by atoms with E-state index in [1.807, 2.05) is 11.6 Å². The van der Waals surface area contributed by atoms with Gasteiger partial charge in [0.2, 0.25) is 15.9 Å². The fraction of sp³-hybridized carbons (Fsp3) is 0.556. The third-order valence-corrected chi connectivity index (χ3v) is 6.87. The van der Waals surface area contributed by atoms with Crippen LogP contribution >= 0.6 is 12.4 Å². The van der Waals surface area contributed by atoms with Gasteiger partial charge in [-0.15, -0.1) is 12.4 Å². The van der Waals surface area contributed by atoms with Gasteiger partial charge in [-0.05, 0) is 37.0 Å². The van der Waals surface area contributed by atoms with E-state index >= 15 is 0 Å². The Morgan fingerprint density at radius 2 is 2.07 bits per heavy atom. The maximum absolute atomic E-state index is 12.3. The molecule has 0 aliphatic heterocycles. The zero-order valence-corrected chi connectivity index (χ0v) is 18.0. The number of amides is 1. The fourth-order valence-electron chi connectivity index (χ4n) is 3.06. The summed E-state index contributed by atoms with van der Waals surface area (Å²) in [4.78, 5) is 16.8. The molecule has 1 heterocycles. The first kappa shape index (κ1) is 22.6. The minimum atomic E-state index is -3.51. The number of fused-ring (bicyclic) bond motifs is 1. The highest BCUT2D eigenvalue weighted by molar-refractivity contribution is 7.89. The van der Waals surface area contributed by atoms with Crippen molar-refractivity contribution in [2.24, 2.45) is 18.7 Å². The lowest BCUT2D eigenvalue weighted by Crippen LogP contribution is -2.38. The van der Waals surface area contributed by atoms with Crippen molar-refractivity contribution in [2.45, 2.75) is 36.6 Å². The summed E-state index contributed by atoms with van der Waals surface area (Å²) < 4.78 is 27.6. The Morgan fingerprint density at radius 3 is 2.68 bits per heavy atom. The summed E-state index contributed by atoms with van der Waals surface area (Å²) in [6, 6.07) is 4.94. The Hall–Kier alpha value is -1.68. The molecule has 3 N–H and O–H groups in total. The number of sulfonamides is 1. The number of carbonyl (C=O) groups excluding carboxylic acids is 1. The molecule has 0 radical (unpaired) electrons. The van der Waals surface area contributed by atoms with Crippen LogP contribution in [0, 0.1) is 5.92 Å². The van der Waals surface area contributed by atoms with Gasteiger partial charge in [-0.3, -0.25) is 4.79 Å². The number of aryl methyl sites for hydroxylation is 2. The van der Waals surface area contributed by atoms with Gasteiger partial charge in [0.15, 0.2) is 0 Å². The first-order chi connectivity index (χ1) is 12.7. The average Bonchev–Trinajstić information content (AvgIpc) is 3.43. The molecule has 2 aromatic rings. The number of carbonyl (C=O) groups is 1. The first-order valence-corrected chi connectivity index (χ1v) is 10.5. The zero-order chi connectivity index (χ0) is 19.8. The van der Waals surface area contributed by atoms with Crippen molar-refractivity contribution in [1.29, 1.82) is 0 Å². The molecular formula is C18H28ClN5O3S. The Labute approximate surface area is 171 Å². The van der Waals surface area contributed by atoms with Gasteiger partial charge in [-0.1, -0.05) is 0 Å². The van der Waals surface area contributed by atoms with Crippen molar-refractivity contribution in [1.82, 2.24) is 19.2 Å². The molecule has 3 rings (SSSR count). The highest BCUT2D eigenvalue weighted by Gasteiger charge is 2.28. The molecule has 10 heteroatoms. The normalized spacial score (nSPS) is 15.5. The third kappa shape index (κ3) is 4.83. The lowest BCUT2D eigenvalue weighted by Gasteiger charge is -2.11. The van der Waals surface area contributed by atoms with Crippen LogP contribution in [0.5, 0.6) is 0 Å². The number of benzene rings is 1. The number of hydrogen-bond donors (Lipinski definition) is 2. The molecule has 1 aliphatic rings. The molecule has 1 amide bonds. The number of halogens is 1. The molecule has 1 saturated carbocycles. The number of imidazole rings is 1. The van der Waals surface area contributed by atoms with Crippen LogP contribution in [-0.4, -0.2) is 54.9 Å². The number of nitrogens with one attached hydrogen (secondary N) is 1. The maximum atomic E-state index is 12.3. The Kier molecular flexibility index (Phi) is 7.08. The van der Waals surface area contributed by atoms with Gasteiger partial charge in [-0.25, -0.2) is 17.7 Å². The minimum absolute atomic E-state index is 0. The van der Waals surface area contributed by atoms with Crippen molar-refractivity contribution >= 4 is 39.4 Å². The van der Waals surface area contributed by atoms with E-state index in [2.05, 4.69) is 10.3 Å². The standard InChI is InChI=1S/C18H27N5O3S.ClH/c1-22(2)27(25,26)13-6-7-16-15(10-13)21-17(23(16)3)8-9-18(24)20-11-14(19)12-4-5-12;/h6-7,10,12,14H,4-5,8-9,11,19H2,1-3H3,(H,20,24);1H. The molecule has 28 heavy (non-hydrogen) atoms. The van der Waals surface area contributed by atoms with E-state index in [0.717, 1.165) is 24.2 Å². The SMILES string of the molecule is CN(C)S(=O)(=O)c1ccc2c(c1)nc(CCC(=O)NCC(N)C1CC1)n2C.Cl. The van der Waals surface area contributed by atoms with Crippen molar-refractivity contribution in [3.05, 3.63) is 24.0 Å². The third-order valence-electron chi connectivity index (χ3n) is 5.06. The highest BCUT2D eigenvalue weighted by atomic mass is 35.5. The van der Waals surface area contributed by atoms with E-state index in [0.29, 0.717) is 30.8 Å². The lowest BCUT2D eigenvalue weighted by molar-refractivity contribution is -0.121. The Bertz CT molecular complexity index is 954. The molecule has 8 nitrogen and oxygen atoms in total. The van der Waals surface area contributed by atoms with E-state index in [4.69, 9.17) is 5.73 Å². The zero-order valence-electron chi connectivity index (χ0n) is 16.4. The summed E-state index contributed by atoms with van der Waals surface area (Å²) in [5.41, 5.74) is 7.43. The number of rotatable bonds is 8. The van der Waals surface area contributed by atoms with Crippen molar-refractivity contribution in [3.63, 3.8) is 0 Å². The van der Waals surface area contributed by atoms with Crippen molar-refractivity contribution < 1.29 is 13.2 Å². The highest BCUT2D eigenvalue weighted by Crippen LogP contribution is 2.31. The van der Waals surface area contributed by atoms with Gasteiger partial charge in [-0.2, -0.15) is 0 Å². The number of nitrogens with zero attached hydrogens (tertiary/aromatic N) is 3. The first-order valence-electron chi connectivity index (χ1n) is 9.10. The van der Waals surface area contributed by atoms with Crippen LogP contribution in [0.3, 0.4) is 0 Å². The van der Waals surface area contributed by atoms with Crippen LogP contribution < -0.4 is 11.1 Å². The van der Waals surface area contributed by atoms with E-state index in [-0.39, 0.29) is 29.3 Å². The van der Waals surface area contributed by atoms with Crippen LogP contribution in [0.2, 0.25) is 0 Å². The molecule has 1 aromatic heterocycles. The Morgan fingerprint density at radius 1 is 1.39 bits per heavy atom. The van der Waals surface area contributed by atoms with E-state index in [9.17, 15) is 13.2 Å². The fourth-order valence-corrected chi connectivity index (χ4v) is 3.98. The largest absolute Gasteiger partial charge is 0.355 e. The van der Waals surface area contributed by atoms with Crippen molar-refractivity contribution in [3.8, 4) is 0 Å². The van der Waals surface area contributed by atoms with Crippen LogP contribution in [-0.2, 0) is 28.3 Å². The molecule has 0 bridgehead atoms. The molecule has 1 fully saturated rings. The summed E-state index contributed by atoms with van der Waals surface area (Å²) in [7, 11) is 1.35. The van der Waals surface area contributed by atoms with E-state index < -0.39 is 10.0 Å². The van der Waals surface area contributed by atoms with Crippen LogP contribution in [0.4, 0.5) is 0 Å². The van der Waals surface area contributed by atoms with E-state index in [1.54, 1.807) is 18.2 Å². The topological polar surface area (TPSA) is 110 Å². The molecule has 0 saturated heterocycles. The molecule has 156 valence electrons. The van der Waals surface area contributed by atoms with Gasteiger partial charge in [0.05, 0.1) is 15.9 Å². The molecule has 1 aromatic carbocycles. The van der Waals surface area contributed by atoms with Crippen LogP contribution in [0.1, 0.15) is 25.1 Å². The summed E-state index contributed by atoms with van der Waals surface area (Å²) in [6.07, 6.45) is 3.10. The molecular weight excluding hydrogens is 402 g/mol. The summed E-state index contributed by atoms with van der Waals surface area (Å²) in [5.74, 6) is 1.25. The minimum Gasteiger partial charge on any atom is -0.355 e. The smallest absolute Gasteiger partial charge is 0.242 e. The predicted octanol–water partition coefficient (Wildman–Crippen LogP) is 1.03. The van der Waals surface area contributed by atoms with Gasteiger partial charge >= 0.3 is 0 Å². The molecule has 1 atom stereocenters. The summed E-state index contributed by atoms with van der Waals surface area (Å²) >= 11 is 0. The van der Waals surface area contributed by atoms with Crippen molar-refractivity contribution in [2.75, 3.05) is 20.6 Å². The summed E-state index contributed by atoms with van der Waals surface area (Å²) in [5, 5.41) is 2.88. The Balaban J connectivity index is 0.00000280. The number of nitrogens with two attached hydrogens (primary N) is 1. The molecule has 0 spiro atoms. The number of aromatic nitrogens is 2. The van der Waals surface area contributed by atoms with Crippen LogP contribution in [0.15, 0.2) is 23.1 Å². The maximum Gasteiger partial charge on any atom is 0.242 e. The molecule has 1 unspecified atom stereocenters. The monoisotopic (exact) mass is 429 g/mol. The second kappa shape index (κ2) is 8.77. The quantitative estimate of drug-likeness (QED) is 0.651. The summed E-state index contributed by atoms with van der Waals surface area (Å²) in [6.45, 7) is 0.512. The van der Waals surface area contributed by atoms with Crippen LogP contribution in [0.25, 0.3) is 11.0 Å². The lowest BCUT2D eigenvalue weighted by atomic mass is 10.2. The van der Waals surface area contributed by atoms with Gasteiger partial charge in [0.1, 0.15) is 5.82 Å². The van der Waals surface area contributed by atoms with Gasteiger partial charge < -0.3 is 15.6 Å². The van der Waals surface area contributed by atoms with Gasteiger partial charge in [0.25, 0.3) is 0 Å². The average molecular weight is 430 g/mol. The second-order valence-electron chi connectivity index (χ2n) is 7.33. The number of hydrogen-bond acceptors (Lipinski definition) is 5. The van der Waals surface area contributed by atoms with E-state index in [1.165, 1.54) is 18.4 Å².